The molecular formula is C12H18BrNO2. The van der Waals surface area contributed by atoms with E-state index in [0.717, 1.165) is 11.3 Å². The van der Waals surface area contributed by atoms with E-state index < -0.39 is 5.79 Å². The summed E-state index contributed by atoms with van der Waals surface area (Å²) in [6, 6.07) is 3.96. The Kier molecular flexibility index (Phi) is 5.38. The number of aryl methyl sites for hydroxylation is 1. The number of ether oxygens (including phenoxy) is 2. The van der Waals surface area contributed by atoms with Crippen LogP contribution in [0.2, 0.25) is 0 Å². The van der Waals surface area contributed by atoms with Crippen molar-refractivity contribution in [1.29, 1.82) is 0 Å². The Morgan fingerprint density at radius 1 is 1.25 bits per heavy atom. The molecule has 0 N–H and O–H groups in total. The SMILES string of the molecule is CCOC(CBr)(OCC)c1ccc(C)cn1. The molecule has 90 valence electrons. The number of aromatic nitrogens is 1. The number of hydrogen-bond donors (Lipinski definition) is 0. The maximum absolute atomic E-state index is 5.71. The lowest BCUT2D eigenvalue weighted by molar-refractivity contribution is -0.227. The highest BCUT2D eigenvalue weighted by Gasteiger charge is 2.34. The van der Waals surface area contributed by atoms with E-state index in [1.165, 1.54) is 0 Å². The van der Waals surface area contributed by atoms with Gasteiger partial charge in [-0.2, -0.15) is 0 Å². The van der Waals surface area contributed by atoms with Gasteiger partial charge in [0.25, 0.3) is 0 Å². The van der Waals surface area contributed by atoms with Gasteiger partial charge in [0.2, 0.25) is 5.79 Å². The predicted molar refractivity (Wildman–Crippen MR) is 67.7 cm³/mol. The largest absolute Gasteiger partial charge is 0.344 e. The third-order valence-corrected chi connectivity index (χ3v) is 2.97. The van der Waals surface area contributed by atoms with Crippen molar-refractivity contribution in [2.75, 3.05) is 18.5 Å². The van der Waals surface area contributed by atoms with E-state index in [0.29, 0.717) is 18.5 Å². The summed E-state index contributed by atoms with van der Waals surface area (Å²) < 4.78 is 11.4. The van der Waals surface area contributed by atoms with Gasteiger partial charge in [-0.25, -0.2) is 0 Å². The van der Waals surface area contributed by atoms with Crippen molar-refractivity contribution in [3.05, 3.63) is 29.6 Å². The fourth-order valence-corrected chi connectivity index (χ4v) is 2.11. The first-order valence-electron chi connectivity index (χ1n) is 5.45. The lowest BCUT2D eigenvalue weighted by atomic mass is 10.1. The van der Waals surface area contributed by atoms with Crippen LogP contribution in [0, 0.1) is 6.92 Å². The quantitative estimate of drug-likeness (QED) is 0.595. The minimum Gasteiger partial charge on any atom is -0.344 e. The van der Waals surface area contributed by atoms with Crippen LogP contribution in [0.25, 0.3) is 0 Å². The lowest BCUT2D eigenvalue weighted by Gasteiger charge is -2.30. The Morgan fingerprint density at radius 2 is 1.88 bits per heavy atom. The average Bonchev–Trinajstić information content (AvgIpc) is 2.29. The van der Waals surface area contributed by atoms with Gasteiger partial charge in [-0.3, -0.25) is 4.98 Å². The predicted octanol–water partition coefficient (Wildman–Crippen LogP) is 3.01. The van der Waals surface area contributed by atoms with Gasteiger partial charge < -0.3 is 9.47 Å². The van der Waals surface area contributed by atoms with Crippen LogP contribution in [0.5, 0.6) is 0 Å². The molecule has 0 unspecified atom stereocenters. The second-order valence-corrected chi connectivity index (χ2v) is 4.03. The highest BCUT2D eigenvalue weighted by Crippen LogP contribution is 2.28. The van der Waals surface area contributed by atoms with E-state index in [-0.39, 0.29) is 0 Å². The summed E-state index contributed by atoms with van der Waals surface area (Å²) in [5.74, 6) is -0.767. The molecule has 1 rings (SSSR count). The van der Waals surface area contributed by atoms with Crippen LogP contribution in [0.3, 0.4) is 0 Å². The minimum atomic E-state index is -0.767. The number of nitrogens with zero attached hydrogens (tertiary/aromatic N) is 1. The molecule has 0 radical (unpaired) electrons. The van der Waals surface area contributed by atoms with Gasteiger partial charge in [-0.15, -0.1) is 0 Å². The Morgan fingerprint density at radius 3 is 2.25 bits per heavy atom. The van der Waals surface area contributed by atoms with E-state index >= 15 is 0 Å². The van der Waals surface area contributed by atoms with Gasteiger partial charge >= 0.3 is 0 Å². The standard InChI is InChI=1S/C12H18BrNO2/c1-4-15-12(9-13,16-5-2)11-7-6-10(3)8-14-11/h6-8H,4-5,9H2,1-3H3. The number of halogens is 1. The van der Waals surface area contributed by atoms with Crippen molar-refractivity contribution in [3.8, 4) is 0 Å². The molecule has 0 aliphatic rings. The topological polar surface area (TPSA) is 31.4 Å². The molecule has 0 aromatic carbocycles. The molecule has 0 aliphatic carbocycles. The van der Waals surface area contributed by atoms with Crippen molar-refractivity contribution < 1.29 is 9.47 Å². The maximum Gasteiger partial charge on any atom is 0.222 e. The van der Waals surface area contributed by atoms with Crippen molar-refractivity contribution >= 4 is 15.9 Å². The number of alkyl halides is 1. The molecule has 0 atom stereocenters. The van der Waals surface area contributed by atoms with Crippen LogP contribution >= 0.6 is 15.9 Å². The number of hydrogen-bond acceptors (Lipinski definition) is 3. The Balaban J connectivity index is 3.02. The highest BCUT2D eigenvalue weighted by atomic mass is 79.9. The molecule has 1 aromatic rings. The Hall–Kier alpha value is -0.450. The third kappa shape index (κ3) is 3.03. The van der Waals surface area contributed by atoms with Crippen molar-refractivity contribution in [2.45, 2.75) is 26.6 Å². The van der Waals surface area contributed by atoms with Gasteiger partial charge in [0.1, 0.15) is 5.69 Å². The monoisotopic (exact) mass is 287 g/mol. The van der Waals surface area contributed by atoms with Gasteiger partial charge in [0.15, 0.2) is 0 Å². The minimum absolute atomic E-state index is 0.567. The zero-order valence-corrected chi connectivity index (χ0v) is 11.6. The van der Waals surface area contributed by atoms with E-state index in [1.807, 2.05) is 39.1 Å². The smallest absolute Gasteiger partial charge is 0.222 e. The molecule has 1 aromatic heterocycles. The first kappa shape index (κ1) is 13.6. The summed E-state index contributed by atoms with van der Waals surface area (Å²) in [4.78, 5) is 4.38. The number of rotatable bonds is 6. The second-order valence-electron chi connectivity index (χ2n) is 3.47. The van der Waals surface area contributed by atoms with Crippen LogP contribution in [0.15, 0.2) is 18.3 Å². The molecule has 4 heteroatoms. The summed E-state index contributed by atoms with van der Waals surface area (Å²) in [5, 5.41) is 0.567. The Labute approximate surface area is 105 Å². The van der Waals surface area contributed by atoms with Crippen LogP contribution in [0.1, 0.15) is 25.1 Å². The van der Waals surface area contributed by atoms with Crippen molar-refractivity contribution in [1.82, 2.24) is 4.98 Å². The normalized spacial score (nSPS) is 11.8. The maximum atomic E-state index is 5.71. The molecule has 0 spiro atoms. The summed E-state index contributed by atoms with van der Waals surface area (Å²) in [6.07, 6.45) is 1.82. The Bertz CT molecular complexity index is 307. The van der Waals surface area contributed by atoms with Crippen LogP contribution in [-0.2, 0) is 15.3 Å². The van der Waals surface area contributed by atoms with E-state index in [9.17, 15) is 0 Å². The van der Waals surface area contributed by atoms with Gasteiger partial charge in [0, 0.05) is 19.4 Å². The molecule has 0 saturated carbocycles. The van der Waals surface area contributed by atoms with Gasteiger partial charge in [-0.05, 0) is 32.4 Å². The van der Waals surface area contributed by atoms with Gasteiger partial charge in [-0.1, -0.05) is 22.0 Å². The second kappa shape index (κ2) is 6.33. The first-order chi connectivity index (χ1) is 7.68. The van der Waals surface area contributed by atoms with Crippen LogP contribution in [-0.4, -0.2) is 23.5 Å². The number of pyridine rings is 1. The first-order valence-corrected chi connectivity index (χ1v) is 6.57. The summed E-state index contributed by atoms with van der Waals surface area (Å²) in [5.41, 5.74) is 1.93. The lowest BCUT2D eigenvalue weighted by Crippen LogP contribution is -2.36. The summed E-state index contributed by atoms with van der Waals surface area (Å²) >= 11 is 3.44. The zero-order valence-electron chi connectivity index (χ0n) is 10.00. The van der Waals surface area contributed by atoms with Crippen LogP contribution < -0.4 is 0 Å². The molecule has 3 nitrogen and oxygen atoms in total. The van der Waals surface area contributed by atoms with E-state index in [2.05, 4.69) is 20.9 Å². The summed E-state index contributed by atoms with van der Waals surface area (Å²) in [6.45, 7) is 7.07. The molecule has 0 saturated heterocycles. The van der Waals surface area contributed by atoms with E-state index in [1.54, 1.807) is 0 Å². The fourth-order valence-electron chi connectivity index (χ4n) is 1.49. The molecule has 1 heterocycles. The third-order valence-electron chi connectivity index (χ3n) is 2.23. The molecule has 0 bridgehead atoms. The van der Waals surface area contributed by atoms with E-state index in [4.69, 9.17) is 9.47 Å². The zero-order chi connectivity index (χ0) is 12.0. The van der Waals surface area contributed by atoms with Crippen molar-refractivity contribution in [2.24, 2.45) is 0 Å². The fraction of sp³-hybridized carbons (Fsp3) is 0.583. The van der Waals surface area contributed by atoms with Crippen LogP contribution in [0.4, 0.5) is 0 Å². The van der Waals surface area contributed by atoms with Gasteiger partial charge in [0.05, 0.1) is 5.33 Å². The molecule has 16 heavy (non-hydrogen) atoms. The molecule has 0 amide bonds. The molecule has 0 fully saturated rings. The van der Waals surface area contributed by atoms with Crippen molar-refractivity contribution in [3.63, 3.8) is 0 Å². The average molecular weight is 288 g/mol. The molecule has 0 aliphatic heterocycles. The summed E-state index contributed by atoms with van der Waals surface area (Å²) in [7, 11) is 0. The highest BCUT2D eigenvalue weighted by molar-refractivity contribution is 9.09. The molecular weight excluding hydrogens is 270 g/mol.